The smallest absolute Gasteiger partial charge is 0.243 e. The van der Waals surface area contributed by atoms with Gasteiger partial charge in [0, 0.05) is 58.3 Å². The lowest BCUT2D eigenvalue weighted by molar-refractivity contribution is -0.127. The number of aliphatic imine (C=N–C) groups is 1. The maximum atomic E-state index is 12.0. The summed E-state index contributed by atoms with van der Waals surface area (Å²) in [4.78, 5) is 18.1. The number of ether oxygens (including phenoxy) is 1. The summed E-state index contributed by atoms with van der Waals surface area (Å²) in [5.41, 5.74) is 0. The van der Waals surface area contributed by atoms with Gasteiger partial charge in [0.1, 0.15) is 18.2 Å². The third-order valence-electron chi connectivity index (χ3n) is 5.27. The van der Waals surface area contributed by atoms with E-state index in [2.05, 4.69) is 44.2 Å². The maximum absolute atomic E-state index is 12.0. The van der Waals surface area contributed by atoms with Crippen molar-refractivity contribution in [2.45, 2.75) is 64.1 Å². The number of rotatable bonds is 5. The van der Waals surface area contributed by atoms with Gasteiger partial charge in [0.15, 0.2) is 5.96 Å². The van der Waals surface area contributed by atoms with Crippen molar-refractivity contribution in [1.29, 1.82) is 0 Å². The molecule has 0 aliphatic carbocycles. The molecule has 3 heterocycles. The minimum Gasteiger partial charge on any atom is -0.381 e. The number of nitrogens with one attached hydrogen (secondary N) is 2. The van der Waals surface area contributed by atoms with E-state index in [9.17, 15) is 4.79 Å². The average molecular weight is 519 g/mol. The van der Waals surface area contributed by atoms with Gasteiger partial charge in [0.05, 0.1) is 0 Å². The van der Waals surface area contributed by atoms with Gasteiger partial charge in [-0.2, -0.15) is 0 Å². The Kier molecular flexibility index (Phi) is 9.12. The third-order valence-corrected chi connectivity index (χ3v) is 5.27. The largest absolute Gasteiger partial charge is 0.381 e. The molecule has 0 spiro atoms. The number of carbonyl (C=O) groups is 1. The van der Waals surface area contributed by atoms with E-state index in [0.717, 1.165) is 57.1 Å². The van der Waals surface area contributed by atoms with Crippen molar-refractivity contribution in [3.05, 3.63) is 11.6 Å². The van der Waals surface area contributed by atoms with E-state index in [4.69, 9.17) is 4.74 Å². The Morgan fingerprint density at radius 1 is 1.21 bits per heavy atom. The molecule has 2 aliphatic heterocycles. The molecule has 1 aromatic rings. The molecule has 0 aromatic carbocycles. The summed E-state index contributed by atoms with van der Waals surface area (Å²) in [5.74, 6) is 3.11. The summed E-state index contributed by atoms with van der Waals surface area (Å²) >= 11 is 0. The summed E-state index contributed by atoms with van der Waals surface area (Å²) in [6, 6.07) is 0.538. The highest BCUT2D eigenvalue weighted by Gasteiger charge is 2.25. The second-order valence-electron chi connectivity index (χ2n) is 8.10. The van der Waals surface area contributed by atoms with Crippen molar-refractivity contribution < 1.29 is 9.53 Å². The van der Waals surface area contributed by atoms with Gasteiger partial charge >= 0.3 is 0 Å². The van der Waals surface area contributed by atoms with Crippen LogP contribution in [-0.2, 0) is 22.5 Å². The molecule has 1 saturated heterocycles. The fourth-order valence-electron chi connectivity index (χ4n) is 3.54. The van der Waals surface area contributed by atoms with Gasteiger partial charge < -0.3 is 24.8 Å². The zero-order chi connectivity index (χ0) is 20.1. The Morgan fingerprint density at radius 2 is 1.90 bits per heavy atom. The molecule has 1 fully saturated rings. The fourth-order valence-corrected chi connectivity index (χ4v) is 3.54. The predicted octanol–water partition coefficient (Wildman–Crippen LogP) is 1.14. The number of hydrogen-bond donors (Lipinski definition) is 2. The van der Waals surface area contributed by atoms with Gasteiger partial charge in [-0.3, -0.25) is 4.79 Å². The number of aryl methyl sites for hydroxylation is 1. The van der Waals surface area contributed by atoms with Gasteiger partial charge in [-0.15, -0.1) is 34.2 Å². The number of nitrogens with zero attached hydrogens (tertiary/aromatic N) is 5. The van der Waals surface area contributed by atoms with E-state index in [-0.39, 0.29) is 42.5 Å². The molecule has 29 heavy (non-hydrogen) atoms. The minimum atomic E-state index is -0.0140. The first-order chi connectivity index (χ1) is 13.4. The maximum Gasteiger partial charge on any atom is 0.243 e. The Balaban J connectivity index is 0.00000300. The molecule has 9 nitrogen and oxygen atoms in total. The lowest BCUT2D eigenvalue weighted by atomic mass is 10.1. The van der Waals surface area contributed by atoms with Crippen LogP contribution in [0.3, 0.4) is 0 Å². The molecule has 2 aliphatic rings. The van der Waals surface area contributed by atoms with E-state index in [1.807, 2.05) is 0 Å². The summed E-state index contributed by atoms with van der Waals surface area (Å²) < 4.78 is 7.67. The van der Waals surface area contributed by atoms with Crippen molar-refractivity contribution in [3.8, 4) is 0 Å². The molecule has 1 amide bonds. The minimum absolute atomic E-state index is 0. The van der Waals surface area contributed by atoms with Gasteiger partial charge in [0.2, 0.25) is 5.91 Å². The molecule has 1 aromatic heterocycles. The molecule has 164 valence electrons. The number of likely N-dealkylation sites (N-methyl/N-ethyl adjacent to an activating group) is 1. The molecule has 0 radical (unpaired) electrons. The quantitative estimate of drug-likeness (QED) is 0.344. The van der Waals surface area contributed by atoms with Crippen LogP contribution in [0.25, 0.3) is 0 Å². The number of halogens is 1. The van der Waals surface area contributed by atoms with Crippen LogP contribution in [0, 0.1) is 0 Å². The molecule has 0 bridgehead atoms. The Morgan fingerprint density at radius 3 is 2.55 bits per heavy atom. The van der Waals surface area contributed by atoms with Gasteiger partial charge in [-0.05, 0) is 19.3 Å². The first kappa shape index (κ1) is 23.8. The van der Waals surface area contributed by atoms with Crippen LogP contribution in [0.2, 0.25) is 0 Å². The highest BCUT2D eigenvalue weighted by Crippen LogP contribution is 2.20. The molecule has 0 saturated carbocycles. The Bertz CT molecular complexity index is 699. The van der Waals surface area contributed by atoms with E-state index in [1.165, 1.54) is 0 Å². The molecule has 2 N–H and O–H groups in total. The van der Waals surface area contributed by atoms with Crippen molar-refractivity contribution in [2.75, 3.05) is 33.9 Å². The number of guanidine groups is 1. The topological polar surface area (TPSA) is 96.7 Å². The van der Waals surface area contributed by atoms with E-state index in [1.54, 1.807) is 19.0 Å². The fraction of sp³-hybridized carbons (Fsp3) is 0.789. The molecule has 1 atom stereocenters. The lowest BCUT2D eigenvalue weighted by Gasteiger charge is -2.30. The third kappa shape index (κ3) is 6.53. The highest BCUT2D eigenvalue weighted by molar-refractivity contribution is 14.0. The highest BCUT2D eigenvalue weighted by atomic mass is 127. The average Bonchev–Trinajstić information content (AvgIpc) is 3.10. The Labute approximate surface area is 190 Å². The second-order valence-corrected chi connectivity index (χ2v) is 8.10. The van der Waals surface area contributed by atoms with Crippen molar-refractivity contribution in [3.63, 3.8) is 0 Å². The van der Waals surface area contributed by atoms with Crippen LogP contribution < -0.4 is 10.6 Å². The lowest BCUT2D eigenvalue weighted by Crippen LogP contribution is -2.51. The number of hydrogen-bond acceptors (Lipinski definition) is 5. The predicted molar refractivity (Wildman–Crippen MR) is 123 cm³/mol. The van der Waals surface area contributed by atoms with E-state index < -0.39 is 0 Å². The summed E-state index contributed by atoms with van der Waals surface area (Å²) in [5, 5.41) is 15.7. The van der Waals surface area contributed by atoms with E-state index >= 15 is 0 Å². The van der Waals surface area contributed by atoms with Gasteiger partial charge in [0.25, 0.3) is 0 Å². The SMILES string of the molecule is CC(C)c1nnc2n1CC(NC(=NCC(=O)N(C)C)NC1CCOCC1)CC2.I. The first-order valence-electron chi connectivity index (χ1n) is 10.2. The normalized spacial score (nSPS) is 20.0. The molecular weight excluding hydrogens is 485 g/mol. The van der Waals surface area contributed by atoms with Crippen molar-refractivity contribution in [2.24, 2.45) is 4.99 Å². The monoisotopic (exact) mass is 519 g/mol. The van der Waals surface area contributed by atoms with Crippen molar-refractivity contribution >= 4 is 35.8 Å². The Hall–Kier alpha value is -1.43. The first-order valence-corrected chi connectivity index (χ1v) is 10.2. The zero-order valence-corrected chi connectivity index (χ0v) is 20.2. The number of fused-ring (bicyclic) bond motifs is 1. The van der Waals surface area contributed by atoms with Gasteiger partial charge in [-0.1, -0.05) is 13.8 Å². The molecule has 3 rings (SSSR count). The van der Waals surface area contributed by atoms with Crippen LogP contribution >= 0.6 is 24.0 Å². The van der Waals surface area contributed by atoms with Crippen molar-refractivity contribution in [1.82, 2.24) is 30.3 Å². The number of aromatic nitrogens is 3. The number of carbonyl (C=O) groups excluding carboxylic acids is 1. The van der Waals surface area contributed by atoms with Crippen LogP contribution in [0.1, 0.15) is 50.7 Å². The van der Waals surface area contributed by atoms with Crippen LogP contribution in [0.15, 0.2) is 4.99 Å². The second kappa shape index (κ2) is 11.1. The molecular formula is C19H34IN7O2. The summed E-state index contributed by atoms with van der Waals surface area (Å²) in [6.07, 6.45) is 3.74. The van der Waals surface area contributed by atoms with E-state index in [0.29, 0.717) is 17.9 Å². The number of amides is 1. The zero-order valence-electron chi connectivity index (χ0n) is 17.8. The van der Waals surface area contributed by atoms with Crippen LogP contribution in [0.5, 0.6) is 0 Å². The van der Waals surface area contributed by atoms with Gasteiger partial charge in [-0.25, -0.2) is 4.99 Å². The summed E-state index contributed by atoms with van der Waals surface area (Å²) in [7, 11) is 3.50. The standard InChI is InChI=1S/C19H33N7O2.HI/c1-13(2)18-24-23-16-6-5-15(12-26(16)18)22-19(20-11-17(27)25(3)4)21-14-7-9-28-10-8-14;/h13-15H,5-12H2,1-4H3,(H2,20,21,22);1H. The van der Waals surface area contributed by atoms with Crippen LogP contribution in [-0.4, -0.2) is 77.5 Å². The molecule has 1 unspecified atom stereocenters. The molecule has 10 heteroatoms. The summed E-state index contributed by atoms with van der Waals surface area (Å²) in [6.45, 7) is 6.74. The van der Waals surface area contributed by atoms with Crippen LogP contribution in [0.4, 0.5) is 0 Å².